The highest BCUT2D eigenvalue weighted by Crippen LogP contribution is 2.34. The third-order valence-corrected chi connectivity index (χ3v) is 3.85. The van der Waals surface area contributed by atoms with E-state index in [4.69, 9.17) is 11.6 Å². The SMILES string of the molecule is Cc1cc(C(=O)NCC2Cc3ccccc32)cc(Cl)n1. The summed E-state index contributed by atoms with van der Waals surface area (Å²) < 4.78 is 0. The molecular weight excluding hydrogens is 272 g/mol. The van der Waals surface area contributed by atoms with Crippen molar-refractivity contribution in [2.45, 2.75) is 19.3 Å². The molecule has 1 aliphatic rings. The summed E-state index contributed by atoms with van der Waals surface area (Å²) in [4.78, 5) is 16.2. The van der Waals surface area contributed by atoms with Gasteiger partial charge in [-0.2, -0.15) is 0 Å². The lowest BCUT2D eigenvalue weighted by Gasteiger charge is -2.30. The van der Waals surface area contributed by atoms with Gasteiger partial charge in [0.2, 0.25) is 0 Å². The highest BCUT2D eigenvalue weighted by molar-refractivity contribution is 6.29. The monoisotopic (exact) mass is 286 g/mol. The molecule has 1 atom stereocenters. The molecule has 0 fully saturated rings. The van der Waals surface area contributed by atoms with Gasteiger partial charge in [-0.05, 0) is 36.6 Å². The average Bonchev–Trinajstić information content (AvgIpc) is 2.38. The lowest BCUT2D eigenvalue weighted by atomic mass is 9.77. The maximum atomic E-state index is 12.1. The summed E-state index contributed by atoms with van der Waals surface area (Å²) >= 11 is 5.87. The highest BCUT2D eigenvalue weighted by Gasteiger charge is 2.25. The Bertz CT molecular complexity index is 649. The molecule has 1 aliphatic carbocycles. The molecule has 1 unspecified atom stereocenters. The van der Waals surface area contributed by atoms with Gasteiger partial charge in [0.15, 0.2) is 0 Å². The molecule has 0 aliphatic heterocycles. The maximum absolute atomic E-state index is 12.1. The van der Waals surface area contributed by atoms with Gasteiger partial charge in [0, 0.05) is 23.7 Å². The van der Waals surface area contributed by atoms with Crippen molar-refractivity contribution in [3.63, 3.8) is 0 Å². The van der Waals surface area contributed by atoms with E-state index in [0.29, 0.717) is 23.2 Å². The number of carbonyl (C=O) groups is 1. The number of nitrogens with one attached hydrogen (secondary N) is 1. The molecule has 2 aromatic rings. The lowest BCUT2D eigenvalue weighted by molar-refractivity contribution is 0.0950. The van der Waals surface area contributed by atoms with E-state index in [-0.39, 0.29) is 5.91 Å². The minimum Gasteiger partial charge on any atom is -0.351 e. The van der Waals surface area contributed by atoms with Crippen molar-refractivity contribution < 1.29 is 4.79 Å². The van der Waals surface area contributed by atoms with Crippen LogP contribution in [0.25, 0.3) is 0 Å². The van der Waals surface area contributed by atoms with Gasteiger partial charge in [-0.1, -0.05) is 35.9 Å². The fourth-order valence-electron chi connectivity index (χ4n) is 2.62. The number of carbonyl (C=O) groups excluding carboxylic acids is 1. The molecule has 0 radical (unpaired) electrons. The van der Waals surface area contributed by atoms with Crippen LogP contribution in [0, 0.1) is 6.92 Å². The molecule has 1 heterocycles. The predicted molar refractivity (Wildman–Crippen MR) is 79.2 cm³/mol. The Balaban J connectivity index is 1.64. The number of amides is 1. The Morgan fingerprint density at radius 2 is 2.20 bits per heavy atom. The average molecular weight is 287 g/mol. The third kappa shape index (κ3) is 2.54. The minimum absolute atomic E-state index is 0.0956. The van der Waals surface area contributed by atoms with Crippen molar-refractivity contribution in [1.82, 2.24) is 10.3 Å². The van der Waals surface area contributed by atoms with Crippen molar-refractivity contribution in [3.8, 4) is 0 Å². The first-order chi connectivity index (χ1) is 9.63. The smallest absolute Gasteiger partial charge is 0.251 e. The molecule has 0 saturated carbocycles. The van der Waals surface area contributed by atoms with E-state index < -0.39 is 0 Å². The number of hydrogen-bond acceptors (Lipinski definition) is 2. The molecule has 1 aromatic carbocycles. The van der Waals surface area contributed by atoms with Crippen LogP contribution in [0.2, 0.25) is 5.15 Å². The Kier molecular flexibility index (Phi) is 3.45. The fraction of sp³-hybridized carbons (Fsp3) is 0.250. The Hall–Kier alpha value is -1.87. The molecule has 3 rings (SSSR count). The van der Waals surface area contributed by atoms with Gasteiger partial charge in [-0.3, -0.25) is 4.79 Å². The first-order valence-electron chi connectivity index (χ1n) is 6.63. The standard InChI is InChI=1S/C16H15ClN2O/c1-10-6-12(8-15(17)19-10)16(20)18-9-13-7-11-4-2-3-5-14(11)13/h2-6,8,13H,7,9H2,1H3,(H,18,20). The zero-order valence-corrected chi connectivity index (χ0v) is 11.9. The van der Waals surface area contributed by atoms with Crippen LogP contribution in [0.4, 0.5) is 0 Å². The minimum atomic E-state index is -0.0956. The van der Waals surface area contributed by atoms with E-state index in [0.717, 1.165) is 12.1 Å². The van der Waals surface area contributed by atoms with Gasteiger partial charge in [0.05, 0.1) is 0 Å². The number of aromatic nitrogens is 1. The molecule has 0 bridgehead atoms. The molecule has 102 valence electrons. The van der Waals surface area contributed by atoms with E-state index in [2.05, 4.69) is 28.5 Å². The lowest BCUT2D eigenvalue weighted by Crippen LogP contribution is -2.33. The molecular formula is C16H15ClN2O. The van der Waals surface area contributed by atoms with Crippen molar-refractivity contribution in [2.24, 2.45) is 0 Å². The second kappa shape index (κ2) is 5.25. The molecule has 3 nitrogen and oxygen atoms in total. The van der Waals surface area contributed by atoms with E-state index in [1.54, 1.807) is 12.1 Å². The molecule has 1 aromatic heterocycles. The van der Waals surface area contributed by atoms with Crippen LogP contribution in [0.3, 0.4) is 0 Å². The van der Waals surface area contributed by atoms with Crippen LogP contribution in [0.1, 0.15) is 33.1 Å². The Labute approximate surface area is 123 Å². The molecule has 0 saturated heterocycles. The van der Waals surface area contributed by atoms with Gasteiger partial charge < -0.3 is 5.32 Å². The van der Waals surface area contributed by atoms with Gasteiger partial charge in [-0.25, -0.2) is 4.98 Å². The van der Waals surface area contributed by atoms with Gasteiger partial charge in [0.25, 0.3) is 5.91 Å². The second-order valence-corrected chi connectivity index (χ2v) is 5.52. The molecule has 1 N–H and O–H groups in total. The number of hydrogen-bond donors (Lipinski definition) is 1. The van der Waals surface area contributed by atoms with Crippen LogP contribution in [-0.2, 0) is 6.42 Å². The number of fused-ring (bicyclic) bond motifs is 1. The van der Waals surface area contributed by atoms with Crippen LogP contribution in [0.5, 0.6) is 0 Å². The van der Waals surface area contributed by atoms with Crippen molar-refractivity contribution in [3.05, 3.63) is 63.9 Å². The maximum Gasteiger partial charge on any atom is 0.251 e. The summed E-state index contributed by atoms with van der Waals surface area (Å²) in [5.41, 5.74) is 4.04. The number of aryl methyl sites for hydroxylation is 1. The van der Waals surface area contributed by atoms with Gasteiger partial charge in [0.1, 0.15) is 5.15 Å². The number of pyridine rings is 1. The predicted octanol–water partition coefficient (Wildman–Crippen LogP) is 3.11. The van der Waals surface area contributed by atoms with Crippen LogP contribution < -0.4 is 5.32 Å². The Morgan fingerprint density at radius 3 is 2.95 bits per heavy atom. The summed E-state index contributed by atoms with van der Waals surface area (Å²) in [6.45, 7) is 2.49. The molecule has 0 spiro atoms. The largest absolute Gasteiger partial charge is 0.351 e. The molecule has 20 heavy (non-hydrogen) atoms. The third-order valence-electron chi connectivity index (χ3n) is 3.65. The summed E-state index contributed by atoms with van der Waals surface area (Å²) in [6, 6.07) is 11.7. The number of benzene rings is 1. The van der Waals surface area contributed by atoms with Crippen molar-refractivity contribution in [2.75, 3.05) is 6.54 Å². The summed E-state index contributed by atoms with van der Waals surface area (Å²) in [5.74, 6) is 0.329. The van der Waals surface area contributed by atoms with E-state index in [1.165, 1.54) is 11.1 Å². The number of halogens is 1. The van der Waals surface area contributed by atoms with E-state index >= 15 is 0 Å². The first-order valence-corrected chi connectivity index (χ1v) is 7.01. The van der Waals surface area contributed by atoms with Crippen LogP contribution >= 0.6 is 11.6 Å². The van der Waals surface area contributed by atoms with Crippen LogP contribution in [0.15, 0.2) is 36.4 Å². The zero-order valence-electron chi connectivity index (χ0n) is 11.2. The van der Waals surface area contributed by atoms with Gasteiger partial charge >= 0.3 is 0 Å². The van der Waals surface area contributed by atoms with E-state index in [1.807, 2.05) is 13.0 Å². The fourth-order valence-corrected chi connectivity index (χ4v) is 2.87. The summed E-state index contributed by atoms with van der Waals surface area (Å²) in [7, 11) is 0. The van der Waals surface area contributed by atoms with Crippen LogP contribution in [-0.4, -0.2) is 17.4 Å². The second-order valence-electron chi connectivity index (χ2n) is 5.13. The first kappa shape index (κ1) is 13.1. The molecule has 4 heteroatoms. The van der Waals surface area contributed by atoms with Crippen molar-refractivity contribution in [1.29, 1.82) is 0 Å². The van der Waals surface area contributed by atoms with Crippen molar-refractivity contribution >= 4 is 17.5 Å². The quantitative estimate of drug-likeness (QED) is 0.881. The Morgan fingerprint density at radius 1 is 1.40 bits per heavy atom. The zero-order chi connectivity index (χ0) is 14.1. The highest BCUT2D eigenvalue weighted by atomic mass is 35.5. The number of rotatable bonds is 3. The van der Waals surface area contributed by atoms with Gasteiger partial charge in [-0.15, -0.1) is 0 Å². The summed E-state index contributed by atoms with van der Waals surface area (Å²) in [6.07, 6.45) is 1.03. The normalized spacial score (nSPS) is 16.2. The summed E-state index contributed by atoms with van der Waals surface area (Å²) in [5, 5.41) is 3.32. The molecule has 1 amide bonds. The number of nitrogens with zero attached hydrogens (tertiary/aromatic N) is 1. The van der Waals surface area contributed by atoms with E-state index in [9.17, 15) is 4.79 Å². The topological polar surface area (TPSA) is 42.0 Å².